The Labute approximate surface area is 121 Å². The molecule has 3 nitrogen and oxygen atoms in total. The predicted octanol–water partition coefficient (Wildman–Crippen LogP) is 3.68. The summed E-state index contributed by atoms with van der Waals surface area (Å²) >= 11 is 0. The molecular formula is C17H24N2O. The highest BCUT2D eigenvalue weighted by Crippen LogP contribution is 2.29. The summed E-state index contributed by atoms with van der Waals surface area (Å²) in [7, 11) is 0. The molecule has 3 heteroatoms. The van der Waals surface area contributed by atoms with Crippen molar-refractivity contribution in [3.05, 3.63) is 53.5 Å². The average molecular weight is 272 g/mol. The van der Waals surface area contributed by atoms with Gasteiger partial charge in [-0.3, -0.25) is 0 Å². The van der Waals surface area contributed by atoms with E-state index < -0.39 is 0 Å². The minimum atomic E-state index is 0.0846. The summed E-state index contributed by atoms with van der Waals surface area (Å²) in [6.45, 7) is 7.82. The number of nitrogens with zero attached hydrogens (tertiary/aromatic N) is 1. The highest BCUT2D eigenvalue weighted by atomic mass is 16.3. The van der Waals surface area contributed by atoms with Crippen LogP contribution < -0.4 is 10.6 Å². The van der Waals surface area contributed by atoms with Crippen molar-refractivity contribution >= 4 is 5.69 Å². The van der Waals surface area contributed by atoms with Crippen molar-refractivity contribution in [2.75, 3.05) is 18.0 Å². The van der Waals surface area contributed by atoms with Crippen molar-refractivity contribution in [1.29, 1.82) is 0 Å². The fraction of sp³-hybridized carbons (Fsp3) is 0.412. The fourth-order valence-corrected chi connectivity index (χ4v) is 2.60. The topological polar surface area (TPSA) is 42.4 Å². The lowest BCUT2D eigenvalue weighted by molar-refractivity contribution is 0.426. The third kappa shape index (κ3) is 2.88. The zero-order chi connectivity index (χ0) is 14.5. The predicted molar refractivity (Wildman–Crippen MR) is 84.1 cm³/mol. The number of anilines is 1. The summed E-state index contributed by atoms with van der Waals surface area (Å²) in [5, 5.41) is 0. The van der Waals surface area contributed by atoms with E-state index in [0.717, 1.165) is 24.5 Å². The van der Waals surface area contributed by atoms with Crippen LogP contribution in [-0.4, -0.2) is 13.1 Å². The molecule has 0 fully saturated rings. The maximum Gasteiger partial charge on any atom is 0.127 e. The number of furan rings is 1. The third-order valence-corrected chi connectivity index (χ3v) is 3.72. The Morgan fingerprint density at radius 3 is 2.45 bits per heavy atom. The lowest BCUT2D eigenvalue weighted by atomic mass is 10.1. The maximum atomic E-state index is 6.02. The second-order valence-corrected chi connectivity index (χ2v) is 4.98. The molecule has 0 amide bonds. The summed E-state index contributed by atoms with van der Waals surface area (Å²) < 4.78 is 5.91. The van der Waals surface area contributed by atoms with Gasteiger partial charge in [-0.2, -0.15) is 0 Å². The molecule has 1 atom stereocenters. The van der Waals surface area contributed by atoms with Gasteiger partial charge in [0, 0.05) is 25.2 Å². The minimum Gasteiger partial charge on any atom is -0.464 e. The number of hydrogen-bond acceptors (Lipinski definition) is 3. The van der Waals surface area contributed by atoms with Gasteiger partial charge in [-0.15, -0.1) is 0 Å². The summed E-state index contributed by atoms with van der Waals surface area (Å²) in [6.07, 6.45) is 0.910. The Bertz CT molecular complexity index is 547. The molecule has 0 aliphatic carbocycles. The molecule has 1 aromatic heterocycles. The Hall–Kier alpha value is -1.74. The van der Waals surface area contributed by atoms with Gasteiger partial charge >= 0.3 is 0 Å². The summed E-state index contributed by atoms with van der Waals surface area (Å²) in [4.78, 5) is 2.31. The van der Waals surface area contributed by atoms with Crippen LogP contribution in [0.4, 0.5) is 5.69 Å². The molecule has 0 saturated heterocycles. The standard InChI is InChI=1S/C17H24N2O/c1-4-14-10-11-17(20-14)16(12-18)19(5-2)15-9-7-6-8-13(15)3/h6-11,16H,4-5,12,18H2,1-3H3. The molecule has 1 aromatic carbocycles. The first-order chi connectivity index (χ1) is 9.71. The van der Waals surface area contributed by atoms with Gasteiger partial charge in [-0.25, -0.2) is 0 Å². The van der Waals surface area contributed by atoms with Crippen LogP contribution >= 0.6 is 0 Å². The molecule has 1 heterocycles. The van der Waals surface area contributed by atoms with E-state index in [-0.39, 0.29) is 6.04 Å². The van der Waals surface area contributed by atoms with E-state index in [1.54, 1.807) is 0 Å². The molecule has 0 radical (unpaired) electrons. The highest BCUT2D eigenvalue weighted by Gasteiger charge is 2.22. The average Bonchev–Trinajstić information content (AvgIpc) is 2.94. The van der Waals surface area contributed by atoms with E-state index >= 15 is 0 Å². The second kappa shape index (κ2) is 6.62. The van der Waals surface area contributed by atoms with E-state index in [2.05, 4.69) is 56.0 Å². The molecule has 0 saturated carbocycles. The van der Waals surface area contributed by atoms with Crippen LogP contribution in [0.2, 0.25) is 0 Å². The van der Waals surface area contributed by atoms with Gasteiger partial charge in [-0.05, 0) is 37.6 Å². The van der Waals surface area contributed by atoms with E-state index in [4.69, 9.17) is 10.2 Å². The molecule has 20 heavy (non-hydrogen) atoms. The first-order valence-electron chi connectivity index (χ1n) is 7.32. The molecule has 2 rings (SSSR count). The van der Waals surface area contributed by atoms with Gasteiger partial charge < -0.3 is 15.1 Å². The van der Waals surface area contributed by atoms with Crippen LogP contribution in [0.5, 0.6) is 0 Å². The largest absolute Gasteiger partial charge is 0.464 e. The number of likely N-dealkylation sites (N-methyl/N-ethyl adjacent to an activating group) is 1. The van der Waals surface area contributed by atoms with Crippen LogP contribution in [0.3, 0.4) is 0 Å². The van der Waals surface area contributed by atoms with E-state index in [9.17, 15) is 0 Å². The molecule has 108 valence electrons. The molecule has 2 aromatic rings. The maximum absolute atomic E-state index is 6.02. The number of nitrogens with two attached hydrogens (primary N) is 1. The van der Waals surface area contributed by atoms with Crippen LogP contribution in [0, 0.1) is 6.92 Å². The van der Waals surface area contributed by atoms with Crippen LogP contribution in [0.1, 0.15) is 37.0 Å². The van der Waals surface area contributed by atoms with Crippen molar-refractivity contribution < 1.29 is 4.42 Å². The Kier molecular flexibility index (Phi) is 4.85. The van der Waals surface area contributed by atoms with E-state index in [1.165, 1.54) is 11.3 Å². The number of aryl methyl sites for hydroxylation is 2. The van der Waals surface area contributed by atoms with Crippen molar-refractivity contribution in [2.45, 2.75) is 33.2 Å². The van der Waals surface area contributed by atoms with Crippen LogP contribution in [0.15, 0.2) is 40.8 Å². The van der Waals surface area contributed by atoms with Gasteiger partial charge in [0.2, 0.25) is 0 Å². The zero-order valence-electron chi connectivity index (χ0n) is 12.6. The Morgan fingerprint density at radius 2 is 1.90 bits per heavy atom. The Morgan fingerprint density at radius 1 is 1.15 bits per heavy atom. The van der Waals surface area contributed by atoms with Gasteiger partial charge in [0.05, 0.1) is 6.04 Å². The first kappa shape index (κ1) is 14.7. The van der Waals surface area contributed by atoms with Crippen molar-refractivity contribution in [2.24, 2.45) is 5.73 Å². The zero-order valence-corrected chi connectivity index (χ0v) is 12.6. The lowest BCUT2D eigenvalue weighted by Crippen LogP contribution is -2.33. The molecule has 1 unspecified atom stereocenters. The number of para-hydroxylation sites is 1. The summed E-state index contributed by atoms with van der Waals surface area (Å²) in [5.41, 5.74) is 8.50. The Balaban J connectivity index is 2.35. The molecular weight excluding hydrogens is 248 g/mol. The highest BCUT2D eigenvalue weighted by molar-refractivity contribution is 5.54. The van der Waals surface area contributed by atoms with Gasteiger partial charge in [0.25, 0.3) is 0 Å². The van der Waals surface area contributed by atoms with Crippen LogP contribution in [0.25, 0.3) is 0 Å². The number of hydrogen-bond donors (Lipinski definition) is 1. The molecule has 0 aliphatic rings. The summed E-state index contributed by atoms with van der Waals surface area (Å²) in [6, 6.07) is 12.6. The number of rotatable bonds is 6. The van der Waals surface area contributed by atoms with Crippen molar-refractivity contribution in [1.82, 2.24) is 0 Å². The fourth-order valence-electron chi connectivity index (χ4n) is 2.60. The lowest BCUT2D eigenvalue weighted by Gasteiger charge is -2.32. The van der Waals surface area contributed by atoms with Crippen molar-refractivity contribution in [3.8, 4) is 0 Å². The minimum absolute atomic E-state index is 0.0846. The number of benzene rings is 1. The van der Waals surface area contributed by atoms with Gasteiger partial charge in [0.15, 0.2) is 0 Å². The first-order valence-corrected chi connectivity index (χ1v) is 7.32. The normalized spacial score (nSPS) is 12.4. The van der Waals surface area contributed by atoms with E-state index in [1.807, 2.05) is 6.07 Å². The molecule has 0 spiro atoms. The third-order valence-electron chi connectivity index (χ3n) is 3.72. The monoisotopic (exact) mass is 272 g/mol. The quantitative estimate of drug-likeness (QED) is 0.872. The SMILES string of the molecule is CCc1ccc(C(CN)N(CC)c2ccccc2C)o1. The second-order valence-electron chi connectivity index (χ2n) is 4.98. The summed E-state index contributed by atoms with van der Waals surface area (Å²) in [5.74, 6) is 1.97. The van der Waals surface area contributed by atoms with Gasteiger partial charge in [-0.1, -0.05) is 25.1 Å². The molecule has 0 aliphatic heterocycles. The van der Waals surface area contributed by atoms with E-state index in [0.29, 0.717) is 6.54 Å². The van der Waals surface area contributed by atoms with Gasteiger partial charge in [0.1, 0.15) is 11.5 Å². The smallest absolute Gasteiger partial charge is 0.127 e. The molecule has 0 bridgehead atoms. The van der Waals surface area contributed by atoms with Crippen LogP contribution in [-0.2, 0) is 6.42 Å². The van der Waals surface area contributed by atoms with Crippen molar-refractivity contribution in [3.63, 3.8) is 0 Å². The molecule has 2 N–H and O–H groups in total.